The summed E-state index contributed by atoms with van der Waals surface area (Å²) in [7, 11) is 0. The van der Waals surface area contributed by atoms with Crippen molar-refractivity contribution in [3.8, 4) is 0 Å². The van der Waals surface area contributed by atoms with Crippen LogP contribution in [0, 0.1) is 6.92 Å². The lowest BCUT2D eigenvalue weighted by Gasteiger charge is -2.15. The molecule has 0 spiro atoms. The van der Waals surface area contributed by atoms with Gasteiger partial charge in [0.05, 0.1) is 0 Å². The lowest BCUT2D eigenvalue weighted by molar-refractivity contribution is 0.701. The summed E-state index contributed by atoms with van der Waals surface area (Å²) in [5, 5.41) is 0. The van der Waals surface area contributed by atoms with Crippen molar-refractivity contribution in [2.75, 3.05) is 0 Å². The van der Waals surface area contributed by atoms with E-state index in [0.717, 1.165) is 16.6 Å². The van der Waals surface area contributed by atoms with Crippen LogP contribution in [0.15, 0.2) is 47.1 Å². The van der Waals surface area contributed by atoms with Crippen LogP contribution in [0.5, 0.6) is 0 Å². The van der Waals surface area contributed by atoms with Gasteiger partial charge in [-0.15, -0.1) is 0 Å². The summed E-state index contributed by atoms with van der Waals surface area (Å²) in [5.74, 6) is 0. The zero-order valence-electron chi connectivity index (χ0n) is 9.73. The fraction of sp³-hybridized carbons (Fsp3) is 0.214. The van der Waals surface area contributed by atoms with E-state index in [9.17, 15) is 0 Å². The molecule has 1 aromatic carbocycles. The molecule has 0 amide bonds. The Hall–Kier alpha value is -1.19. The van der Waals surface area contributed by atoms with E-state index >= 15 is 0 Å². The number of nitrogens with zero attached hydrogens (tertiary/aromatic N) is 1. The van der Waals surface area contributed by atoms with Crippen LogP contribution < -0.4 is 5.73 Å². The highest BCUT2D eigenvalue weighted by molar-refractivity contribution is 9.10. The van der Waals surface area contributed by atoms with E-state index in [-0.39, 0.29) is 6.04 Å². The first kappa shape index (κ1) is 12.3. The quantitative estimate of drug-likeness (QED) is 0.941. The molecule has 1 unspecified atom stereocenters. The number of pyridine rings is 1. The highest BCUT2D eigenvalue weighted by Gasteiger charge is 2.11. The first-order valence-electron chi connectivity index (χ1n) is 5.59. The van der Waals surface area contributed by atoms with Crippen LogP contribution in [-0.4, -0.2) is 4.98 Å². The van der Waals surface area contributed by atoms with E-state index in [1.54, 1.807) is 6.20 Å². The molecule has 0 fully saturated rings. The van der Waals surface area contributed by atoms with Crippen LogP contribution in [-0.2, 0) is 6.42 Å². The zero-order valence-corrected chi connectivity index (χ0v) is 11.3. The Labute approximate surface area is 110 Å². The molecule has 17 heavy (non-hydrogen) atoms. The second kappa shape index (κ2) is 5.43. The van der Waals surface area contributed by atoms with Gasteiger partial charge < -0.3 is 5.73 Å². The molecule has 0 aliphatic carbocycles. The zero-order chi connectivity index (χ0) is 12.3. The standard InChI is InChI=1S/C14H15BrN2/c1-10-12(6-4-7-13(10)15)14(16)9-11-5-2-3-8-17-11/h2-8,14H,9,16H2,1H3. The van der Waals surface area contributed by atoms with E-state index in [0.29, 0.717) is 0 Å². The van der Waals surface area contributed by atoms with Gasteiger partial charge in [0.15, 0.2) is 0 Å². The number of benzene rings is 1. The van der Waals surface area contributed by atoms with Gasteiger partial charge in [-0.2, -0.15) is 0 Å². The lowest BCUT2D eigenvalue weighted by Crippen LogP contribution is -2.15. The Balaban J connectivity index is 2.20. The first-order chi connectivity index (χ1) is 8.18. The number of hydrogen-bond donors (Lipinski definition) is 1. The maximum atomic E-state index is 6.24. The van der Waals surface area contributed by atoms with Gasteiger partial charge in [0.2, 0.25) is 0 Å². The van der Waals surface area contributed by atoms with Gasteiger partial charge in [-0.25, -0.2) is 0 Å². The maximum Gasteiger partial charge on any atom is 0.0422 e. The van der Waals surface area contributed by atoms with Crippen molar-refractivity contribution < 1.29 is 0 Å². The molecule has 2 rings (SSSR count). The highest BCUT2D eigenvalue weighted by atomic mass is 79.9. The van der Waals surface area contributed by atoms with Crippen molar-refractivity contribution in [1.82, 2.24) is 4.98 Å². The normalized spacial score (nSPS) is 12.4. The van der Waals surface area contributed by atoms with Crippen molar-refractivity contribution in [2.24, 2.45) is 5.73 Å². The van der Waals surface area contributed by atoms with Crippen LogP contribution in [0.3, 0.4) is 0 Å². The Morgan fingerprint density at radius 1 is 1.24 bits per heavy atom. The molecule has 1 heterocycles. The van der Waals surface area contributed by atoms with Crippen molar-refractivity contribution in [1.29, 1.82) is 0 Å². The molecule has 2 nitrogen and oxygen atoms in total. The summed E-state index contributed by atoms with van der Waals surface area (Å²) in [6, 6.07) is 12.0. The number of rotatable bonds is 3. The second-order valence-corrected chi connectivity index (χ2v) is 4.94. The molecular weight excluding hydrogens is 276 g/mol. The van der Waals surface area contributed by atoms with E-state index in [2.05, 4.69) is 33.9 Å². The molecule has 2 N–H and O–H groups in total. The van der Waals surface area contributed by atoms with Gasteiger partial charge in [-0.1, -0.05) is 34.1 Å². The van der Waals surface area contributed by atoms with Crippen LogP contribution >= 0.6 is 15.9 Å². The third-order valence-corrected chi connectivity index (χ3v) is 3.72. The molecule has 3 heteroatoms. The number of halogens is 1. The summed E-state index contributed by atoms with van der Waals surface area (Å²) >= 11 is 3.53. The fourth-order valence-corrected chi connectivity index (χ4v) is 2.26. The van der Waals surface area contributed by atoms with Gasteiger partial charge >= 0.3 is 0 Å². The third kappa shape index (κ3) is 2.93. The molecular formula is C14H15BrN2. The monoisotopic (exact) mass is 290 g/mol. The van der Waals surface area contributed by atoms with Gasteiger partial charge in [-0.05, 0) is 36.2 Å². The number of aromatic nitrogens is 1. The average molecular weight is 291 g/mol. The Morgan fingerprint density at radius 3 is 2.76 bits per heavy atom. The minimum Gasteiger partial charge on any atom is -0.324 e. The first-order valence-corrected chi connectivity index (χ1v) is 6.38. The predicted octanol–water partition coefficient (Wildman–Crippen LogP) is 3.40. The molecule has 1 atom stereocenters. The Morgan fingerprint density at radius 2 is 2.06 bits per heavy atom. The predicted molar refractivity (Wildman–Crippen MR) is 73.7 cm³/mol. The SMILES string of the molecule is Cc1c(Br)cccc1C(N)Cc1ccccn1. The third-order valence-electron chi connectivity index (χ3n) is 2.86. The van der Waals surface area contributed by atoms with E-state index in [1.807, 2.05) is 30.3 Å². The summed E-state index contributed by atoms with van der Waals surface area (Å²) in [6.07, 6.45) is 2.56. The molecule has 0 bridgehead atoms. The van der Waals surface area contributed by atoms with Crippen LogP contribution in [0.2, 0.25) is 0 Å². The topological polar surface area (TPSA) is 38.9 Å². The lowest BCUT2D eigenvalue weighted by atomic mass is 9.98. The summed E-state index contributed by atoms with van der Waals surface area (Å²) in [4.78, 5) is 4.30. The summed E-state index contributed by atoms with van der Waals surface area (Å²) in [6.45, 7) is 2.08. The van der Waals surface area contributed by atoms with Crippen LogP contribution in [0.1, 0.15) is 22.9 Å². The molecule has 0 saturated carbocycles. The van der Waals surface area contributed by atoms with Crippen molar-refractivity contribution in [3.05, 3.63) is 63.9 Å². The highest BCUT2D eigenvalue weighted by Crippen LogP contribution is 2.24. The van der Waals surface area contributed by atoms with Crippen molar-refractivity contribution in [2.45, 2.75) is 19.4 Å². The Bertz CT molecular complexity index is 497. The molecule has 88 valence electrons. The minimum atomic E-state index is -0.0117. The van der Waals surface area contributed by atoms with Crippen LogP contribution in [0.25, 0.3) is 0 Å². The fourth-order valence-electron chi connectivity index (χ4n) is 1.88. The van der Waals surface area contributed by atoms with Gasteiger partial charge in [0.25, 0.3) is 0 Å². The molecule has 0 aliphatic rings. The van der Waals surface area contributed by atoms with Gasteiger partial charge in [-0.3, -0.25) is 4.98 Å². The Kier molecular flexibility index (Phi) is 3.92. The minimum absolute atomic E-state index is 0.0117. The number of hydrogen-bond acceptors (Lipinski definition) is 2. The van der Waals surface area contributed by atoms with Gasteiger partial charge in [0.1, 0.15) is 0 Å². The molecule has 1 aromatic heterocycles. The average Bonchev–Trinajstić information content (AvgIpc) is 2.34. The van der Waals surface area contributed by atoms with Crippen molar-refractivity contribution >= 4 is 15.9 Å². The second-order valence-electron chi connectivity index (χ2n) is 4.09. The molecule has 0 radical (unpaired) electrons. The van der Waals surface area contributed by atoms with Crippen molar-refractivity contribution in [3.63, 3.8) is 0 Å². The largest absolute Gasteiger partial charge is 0.324 e. The molecule has 0 saturated heterocycles. The van der Waals surface area contributed by atoms with E-state index in [4.69, 9.17) is 5.73 Å². The van der Waals surface area contributed by atoms with E-state index in [1.165, 1.54) is 11.1 Å². The number of nitrogens with two attached hydrogens (primary N) is 1. The smallest absolute Gasteiger partial charge is 0.0422 e. The van der Waals surface area contributed by atoms with Gasteiger partial charge in [0, 0.05) is 28.8 Å². The summed E-state index contributed by atoms with van der Waals surface area (Å²) < 4.78 is 1.10. The van der Waals surface area contributed by atoms with Crippen LogP contribution in [0.4, 0.5) is 0 Å². The van der Waals surface area contributed by atoms with E-state index < -0.39 is 0 Å². The molecule has 2 aromatic rings. The molecule has 0 aliphatic heterocycles. The summed E-state index contributed by atoms with van der Waals surface area (Å²) in [5.41, 5.74) is 9.64. The maximum absolute atomic E-state index is 6.24.